The van der Waals surface area contributed by atoms with Gasteiger partial charge in [-0.3, -0.25) is 0 Å². The summed E-state index contributed by atoms with van der Waals surface area (Å²) in [6.07, 6.45) is 0. The molecular weight excluding hydrogens is 222 g/mol. The van der Waals surface area contributed by atoms with Crippen molar-refractivity contribution in [2.75, 3.05) is 6.61 Å². The van der Waals surface area contributed by atoms with E-state index in [1.165, 1.54) is 0 Å². The Morgan fingerprint density at radius 1 is 1.60 bits per heavy atom. The number of rotatable bonds is 3. The van der Waals surface area contributed by atoms with Crippen LogP contribution in [0.25, 0.3) is 11.0 Å². The van der Waals surface area contributed by atoms with Crippen LogP contribution in [0.2, 0.25) is 5.02 Å². The quantitative estimate of drug-likeness (QED) is 0.868. The molecule has 1 N–H and O–H groups in total. The van der Waals surface area contributed by atoms with Gasteiger partial charge in [0.1, 0.15) is 0 Å². The van der Waals surface area contributed by atoms with Crippen LogP contribution in [0.1, 0.15) is 0 Å². The van der Waals surface area contributed by atoms with E-state index in [0.29, 0.717) is 16.0 Å². The number of aliphatic carboxylic acids is 1. The Hall–Kier alpha value is -1.75. The third-order valence-corrected chi connectivity index (χ3v) is 1.97. The molecule has 0 saturated heterocycles. The lowest BCUT2D eigenvalue weighted by molar-refractivity contribution is -0.139. The van der Waals surface area contributed by atoms with Gasteiger partial charge in [-0.1, -0.05) is 11.6 Å². The van der Waals surface area contributed by atoms with E-state index in [2.05, 4.69) is 5.16 Å². The van der Waals surface area contributed by atoms with Gasteiger partial charge in [0.25, 0.3) is 5.88 Å². The van der Waals surface area contributed by atoms with Crippen LogP contribution in [-0.2, 0) is 4.79 Å². The Balaban J connectivity index is 2.35. The van der Waals surface area contributed by atoms with Gasteiger partial charge in [-0.2, -0.15) is 0 Å². The molecule has 0 spiro atoms. The maximum absolute atomic E-state index is 10.3. The van der Waals surface area contributed by atoms with E-state index >= 15 is 0 Å². The fraction of sp³-hybridized carbons (Fsp3) is 0.111. The van der Waals surface area contributed by atoms with E-state index in [-0.39, 0.29) is 5.88 Å². The molecule has 0 atom stereocenters. The summed E-state index contributed by atoms with van der Waals surface area (Å²) >= 11 is 5.77. The van der Waals surface area contributed by atoms with E-state index in [0.717, 1.165) is 0 Å². The van der Waals surface area contributed by atoms with Crippen LogP contribution < -0.4 is 4.74 Å². The fourth-order valence-electron chi connectivity index (χ4n) is 1.12. The summed E-state index contributed by atoms with van der Waals surface area (Å²) in [6, 6.07) is 4.89. The molecule has 0 aliphatic carbocycles. The number of carbonyl (C=O) groups is 1. The lowest BCUT2D eigenvalue weighted by Gasteiger charge is -1.97. The van der Waals surface area contributed by atoms with Gasteiger partial charge < -0.3 is 14.4 Å². The standard InChI is InChI=1S/C9H6ClNO4/c10-5-1-2-7-6(3-5)9(11-15-7)14-4-8(12)13/h1-3H,4H2,(H,12,13). The lowest BCUT2D eigenvalue weighted by Crippen LogP contribution is -2.09. The van der Waals surface area contributed by atoms with Gasteiger partial charge >= 0.3 is 5.97 Å². The smallest absolute Gasteiger partial charge is 0.341 e. The molecule has 0 bridgehead atoms. The second-order valence-electron chi connectivity index (χ2n) is 2.81. The van der Waals surface area contributed by atoms with Crippen molar-refractivity contribution in [3.63, 3.8) is 0 Å². The molecule has 1 aromatic heterocycles. The second-order valence-corrected chi connectivity index (χ2v) is 3.25. The van der Waals surface area contributed by atoms with Crippen LogP contribution in [0.15, 0.2) is 22.7 Å². The molecule has 0 amide bonds. The Morgan fingerprint density at radius 2 is 2.40 bits per heavy atom. The van der Waals surface area contributed by atoms with Crippen molar-refractivity contribution in [2.24, 2.45) is 0 Å². The van der Waals surface area contributed by atoms with Gasteiger partial charge in [0.2, 0.25) is 0 Å². The van der Waals surface area contributed by atoms with Crippen LogP contribution in [-0.4, -0.2) is 22.8 Å². The third kappa shape index (κ3) is 2.02. The molecule has 0 saturated carbocycles. The molecule has 0 radical (unpaired) electrons. The minimum absolute atomic E-state index is 0.134. The number of carboxylic acid groups (broad SMARTS) is 1. The Kier molecular flexibility index (Phi) is 2.47. The predicted molar refractivity (Wildman–Crippen MR) is 52.1 cm³/mol. The first-order valence-corrected chi connectivity index (χ1v) is 4.44. The summed E-state index contributed by atoms with van der Waals surface area (Å²) in [5, 5.41) is 13.1. The zero-order valence-corrected chi connectivity index (χ0v) is 8.19. The van der Waals surface area contributed by atoms with E-state index in [1.807, 2.05) is 0 Å². The minimum atomic E-state index is -1.08. The van der Waals surface area contributed by atoms with Crippen molar-refractivity contribution in [1.82, 2.24) is 5.16 Å². The molecular formula is C9H6ClNO4. The van der Waals surface area contributed by atoms with Crippen molar-refractivity contribution < 1.29 is 19.2 Å². The number of carboxylic acids is 1. The first-order chi connectivity index (χ1) is 7.16. The van der Waals surface area contributed by atoms with Crippen molar-refractivity contribution >= 4 is 28.5 Å². The minimum Gasteiger partial charge on any atom is -0.479 e. The predicted octanol–water partition coefficient (Wildman–Crippen LogP) is 1.94. The molecule has 5 nitrogen and oxygen atoms in total. The zero-order valence-electron chi connectivity index (χ0n) is 7.44. The summed E-state index contributed by atoms with van der Waals surface area (Å²) in [5.74, 6) is -0.942. The Bertz CT molecular complexity index is 508. The molecule has 15 heavy (non-hydrogen) atoms. The number of hydrogen-bond donors (Lipinski definition) is 1. The van der Waals surface area contributed by atoms with E-state index in [4.69, 9.17) is 26.0 Å². The summed E-state index contributed by atoms with van der Waals surface area (Å²) in [6.45, 7) is -0.464. The molecule has 1 heterocycles. The highest BCUT2D eigenvalue weighted by Gasteiger charge is 2.10. The van der Waals surface area contributed by atoms with Crippen LogP contribution >= 0.6 is 11.6 Å². The molecule has 0 aliphatic heterocycles. The highest BCUT2D eigenvalue weighted by atomic mass is 35.5. The van der Waals surface area contributed by atoms with Gasteiger partial charge in [0.15, 0.2) is 12.2 Å². The molecule has 2 aromatic rings. The Labute approximate surface area is 89.2 Å². The van der Waals surface area contributed by atoms with Crippen molar-refractivity contribution in [3.8, 4) is 5.88 Å². The Morgan fingerprint density at radius 3 is 3.13 bits per heavy atom. The molecule has 0 aliphatic rings. The fourth-order valence-corrected chi connectivity index (χ4v) is 1.30. The first-order valence-electron chi connectivity index (χ1n) is 4.06. The summed E-state index contributed by atoms with van der Waals surface area (Å²) in [7, 11) is 0. The van der Waals surface area contributed by atoms with Gasteiger partial charge in [-0.15, -0.1) is 0 Å². The van der Waals surface area contributed by atoms with Gasteiger partial charge in [-0.05, 0) is 23.4 Å². The largest absolute Gasteiger partial charge is 0.479 e. The molecule has 2 rings (SSSR count). The monoisotopic (exact) mass is 227 g/mol. The highest BCUT2D eigenvalue weighted by molar-refractivity contribution is 6.31. The van der Waals surface area contributed by atoms with Crippen LogP contribution in [0.4, 0.5) is 0 Å². The number of ether oxygens (including phenoxy) is 1. The SMILES string of the molecule is O=C(O)COc1noc2ccc(Cl)cc12. The van der Waals surface area contributed by atoms with Gasteiger partial charge in [0, 0.05) is 5.02 Å². The topological polar surface area (TPSA) is 72.6 Å². The number of nitrogens with zero attached hydrogens (tertiary/aromatic N) is 1. The summed E-state index contributed by atoms with van der Waals surface area (Å²) in [4.78, 5) is 10.3. The lowest BCUT2D eigenvalue weighted by atomic mass is 10.2. The average molecular weight is 228 g/mol. The molecule has 0 unspecified atom stereocenters. The molecule has 0 fully saturated rings. The van der Waals surface area contributed by atoms with Crippen LogP contribution in [0.5, 0.6) is 5.88 Å². The van der Waals surface area contributed by atoms with Crippen molar-refractivity contribution in [3.05, 3.63) is 23.2 Å². The number of fused-ring (bicyclic) bond motifs is 1. The summed E-state index contributed by atoms with van der Waals surface area (Å²) < 4.78 is 9.82. The second kappa shape index (κ2) is 3.78. The number of benzene rings is 1. The number of halogens is 1. The molecule has 78 valence electrons. The number of aromatic nitrogens is 1. The van der Waals surface area contributed by atoms with Crippen LogP contribution in [0.3, 0.4) is 0 Å². The average Bonchev–Trinajstić information content (AvgIpc) is 2.57. The molecule has 6 heteroatoms. The van der Waals surface area contributed by atoms with E-state index in [9.17, 15) is 4.79 Å². The summed E-state index contributed by atoms with van der Waals surface area (Å²) in [5.41, 5.74) is 0.500. The van der Waals surface area contributed by atoms with Gasteiger partial charge in [-0.25, -0.2) is 4.79 Å². The van der Waals surface area contributed by atoms with E-state index < -0.39 is 12.6 Å². The maximum Gasteiger partial charge on any atom is 0.341 e. The van der Waals surface area contributed by atoms with Crippen molar-refractivity contribution in [2.45, 2.75) is 0 Å². The third-order valence-electron chi connectivity index (χ3n) is 1.73. The molecule has 1 aromatic carbocycles. The zero-order chi connectivity index (χ0) is 10.8. The van der Waals surface area contributed by atoms with Crippen molar-refractivity contribution in [1.29, 1.82) is 0 Å². The number of hydrogen-bond acceptors (Lipinski definition) is 4. The maximum atomic E-state index is 10.3. The normalized spacial score (nSPS) is 10.5. The van der Waals surface area contributed by atoms with E-state index in [1.54, 1.807) is 18.2 Å². The first kappa shape index (κ1) is 9.79. The highest BCUT2D eigenvalue weighted by Crippen LogP contribution is 2.27. The van der Waals surface area contributed by atoms with Crippen LogP contribution in [0, 0.1) is 0 Å². The van der Waals surface area contributed by atoms with Gasteiger partial charge in [0.05, 0.1) is 5.39 Å².